The van der Waals surface area contributed by atoms with Crippen LogP contribution in [0.4, 0.5) is 0 Å². The van der Waals surface area contributed by atoms with E-state index < -0.39 is 11.8 Å². The molecule has 0 unspecified atom stereocenters. The number of Topliss-reactive ketones (excluding diaryl/α,β-unsaturated/α-hetero) is 2. The van der Waals surface area contributed by atoms with Gasteiger partial charge in [0.25, 0.3) is 0 Å². The molecule has 2 aromatic carbocycles. The lowest BCUT2D eigenvalue weighted by Gasteiger charge is -2.18. The lowest BCUT2D eigenvalue weighted by atomic mass is 9.86. The highest BCUT2D eigenvalue weighted by Crippen LogP contribution is 2.26. The normalized spacial score (nSPS) is 11.1. The molecule has 6 nitrogen and oxygen atoms in total. The Morgan fingerprint density at radius 2 is 1.62 bits per heavy atom. The number of aliphatic carboxylic acids is 1. The van der Waals surface area contributed by atoms with Crippen molar-refractivity contribution in [2.45, 2.75) is 45.4 Å². The molecular weight excluding hydrogens is 372 g/mol. The minimum Gasteiger partial charge on any atom is -0.507 e. The van der Waals surface area contributed by atoms with Crippen LogP contribution in [0, 0.1) is 0 Å². The molecule has 0 saturated heterocycles. The third-order valence-corrected chi connectivity index (χ3v) is 4.47. The van der Waals surface area contributed by atoms with Gasteiger partial charge in [-0.2, -0.15) is 0 Å². The fraction of sp³-hybridized carbons (Fsp3) is 0.348. The molecule has 0 heterocycles. The fourth-order valence-electron chi connectivity index (χ4n) is 2.75. The summed E-state index contributed by atoms with van der Waals surface area (Å²) in [6.45, 7) is 6.42. The van der Waals surface area contributed by atoms with E-state index in [2.05, 4.69) is 20.8 Å². The first-order valence-electron chi connectivity index (χ1n) is 9.42. The molecule has 0 aliphatic heterocycles. The molecule has 0 aliphatic carbocycles. The summed E-state index contributed by atoms with van der Waals surface area (Å²) in [4.78, 5) is 35.3. The molecule has 2 N–H and O–H groups in total. The van der Waals surface area contributed by atoms with Gasteiger partial charge < -0.3 is 14.9 Å². The summed E-state index contributed by atoms with van der Waals surface area (Å²) < 4.78 is 5.36. The highest BCUT2D eigenvalue weighted by Gasteiger charge is 2.19. The van der Waals surface area contributed by atoms with E-state index in [1.54, 1.807) is 12.1 Å². The molecule has 2 aromatic rings. The number of carbonyl (C=O) groups is 3. The summed E-state index contributed by atoms with van der Waals surface area (Å²) in [6, 6.07) is 11.4. The average Bonchev–Trinajstić information content (AvgIpc) is 2.64. The average molecular weight is 398 g/mol. The fourth-order valence-corrected chi connectivity index (χ4v) is 2.75. The van der Waals surface area contributed by atoms with Gasteiger partial charge in [0, 0.05) is 18.1 Å². The molecule has 0 radical (unpaired) electrons. The van der Waals surface area contributed by atoms with Crippen LogP contribution in [0.3, 0.4) is 0 Å². The second kappa shape index (κ2) is 9.37. The third-order valence-electron chi connectivity index (χ3n) is 4.47. The number of ketones is 2. The Balaban J connectivity index is 1.99. The maximum Gasteiger partial charge on any atom is 0.303 e. The van der Waals surface area contributed by atoms with Gasteiger partial charge in [-0.05, 0) is 29.5 Å². The zero-order valence-electron chi connectivity index (χ0n) is 16.9. The number of aromatic hydroxyl groups is 1. The number of phenols is 1. The van der Waals surface area contributed by atoms with Gasteiger partial charge in [0.1, 0.15) is 11.5 Å². The molecular formula is C23H26O6. The maximum absolute atomic E-state index is 12.4. The van der Waals surface area contributed by atoms with E-state index in [0.29, 0.717) is 17.7 Å². The summed E-state index contributed by atoms with van der Waals surface area (Å²) in [5.41, 5.74) is 1.56. The van der Waals surface area contributed by atoms with Gasteiger partial charge >= 0.3 is 5.97 Å². The van der Waals surface area contributed by atoms with Crippen LogP contribution in [-0.2, 0) is 10.2 Å². The minimum atomic E-state index is -0.907. The van der Waals surface area contributed by atoms with Gasteiger partial charge in [0.15, 0.2) is 11.6 Å². The molecule has 154 valence electrons. The predicted octanol–water partition coefficient (Wildman–Crippen LogP) is 4.39. The molecule has 0 amide bonds. The number of phenolic OH excluding ortho intramolecular Hbond substituents is 1. The van der Waals surface area contributed by atoms with Crippen LogP contribution in [0.2, 0.25) is 0 Å². The maximum atomic E-state index is 12.4. The first-order valence-corrected chi connectivity index (χ1v) is 9.42. The Hall–Kier alpha value is -3.15. The summed E-state index contributed by atoms with van der Waals surface area (Å²) in [5, 5.41) is 18.7. The highest BCUT2D eigenvalue weighted by atomic mass is 16.5. The first kappa shape index (κ1) is 22.1. The number of hydrogen-bond donors (Lipinski definition) is 2. The Morgan fingerprint density at radius 1 is 0.966 bits per heavy atom. The van der Waals surface area contributed by atoms with Gasteiger partial charge in [-0.1, -0.05) is 45.0 Å². The van der Waals surface area contributed by atoms with Crippen molar-refractivity contribution in [1.29, 1.82) is 0 Å². The quantitative estimate of drug-likeness (QED) is 0.369. The second-order valence-corrected chi connectivity index (χ2v) is 7.88. The van der Waals surface area contributed by atoms with Crippen LogP contribution in [0.15, 0.2) is 42.5 Å². The van der Waals surface area contributed by atoms with E-state index in [1.807, 2.05) is 12.1 Å². The number of carboxylic acids is 1. The number of carbonyl (C=O) groups excluding carboxylic acids is 2. The number of ether oxygens (including phenoxy) is 1. The van der Waals surface area contributed by atoms with E-state index in [-0.39, 0.29) is 42.0 Å². The Kier molecular flexibility index (Phi) is 7.15. The van der Waals surface area contributed by atoms with E-state index in [4.69, 9.17) is 9.84 Å². The van der Waals surface area contributed by atoms with Crippen molar-refractivity contribution in [3.8, 4) is 11.5 Å². The van der Waals surface area contributed by atoms with Crippen molar-refractivity contribution < 1.29 is 29.3 Å². The SMILES string of the molecule is CC(C)(C)c1ccc(C(=O)CC(=O)c2ccc(OCCCC(=O)O)cc2O)cc1. The van der Waals surface area contributed by atoms with Crippen LogP contribution in [0.5, 0.6) is 11.5 Å². The standard InChI is InChI=1S/C23H26O6/c1-23(2,3)16-8-6-15(7-9-16)19(24)14-21(26)18-11-10-17(13-20(18)25)29-12-4-5-22(27)28/h6-11,13,25H,4-5,12,14H2,1-3H3,(H,27,28). The predicted molar refractivity (Wildman–Crippen MR) is 109 cm³/mol. The summed E-state index contributed by atoms with van der Waals surface area (Å²) in [6.07, 6.45) is -0.0259. The topological polar surface area (TPSA) is 101 Å². The van der Waals surface area contributed by atoms with Crippen molar-refractivity contribution in [1.82, 2.24) is 0 Å². The van der Waals surface area contributed by atoms with Crippen molar-refractivity contribution in [2.75, 3.05) is 6.61 Å². The van der Waals surface area contributed by atoms with E-state index >= 15 is 0 Å². The van der Waals surface area contributed by atoms with Crippen LogP contribution in [0.25, 0.3) is 0 Å². The highest BCUT2D eigenvalue weighted by molar-refractivity contribution is 6.14. The molecule has 2 rings (SSSR count). The van der Waals surface area contributed by atoms with Crippen molar-refractivity contribution in [3.05, 3.63) is 59.2 Å². The van der Waals surface area contributed by atoms with Gasteiger partial charge in [-0.3, -0.25) is 14.4 Å². The van der Waals surface area contributed by atoms with E-state index in [0.717, 1.165) is 5.56 Å². The Bertz CT molecular complexity index is 891. The lowest BCUT2D eigenvalue weighted by Crippen LogP contribution is -2.12. The van der Waals surface area contributed by atoms with E-state index in [1.165, 1.54) is 18.2 Å². The number of hydrogen-bond acceptors (Lipinski definition) is 5. The minimum absolute atomic E-state index is 0.0125. The molecule has 0 atom stereocenters. The van der Waals surface area contributed by atoms with Gasteiger partial charge in [0.2, 0.25) is 0 Å². The molecule has 29 heavy (non-hydrogen) atoms. The Morgan fingerprint density at radius 3 is 2.17 bits per heavy atom. The van der Waals surface area contributed by atoms with Crippen molar-refractivity contribution >= 4 is 17.5 Å². The molecule has 0 fully saturated rings. The van der Waals surface area contributed by atoms with Crippen LogP contribution in [-0.4, -0.2) is 34.4 Å². The molecule has 0 aromatic heterocycles. The summed E-state index contributed by atoms with van der Waals surface area (Å²) >= 11 is 0. The smallest absolute Gasteiger partial charge is 0.303 e. The van der Waals surface area contributed by atoms with E-state index in [9.17, 15) is 19.5 Å². The Labute approximate surface area is 170 Å². The first-order chi connectivity index (χ1) is 13.6. The van der Waals surface area contributed by atoms with Gasteiger partial charge in [0.05, 0.1) is 18.6 Å². The van der Waals surface area contributed by atoms with Crippen LogP contribution in [0.1, 0.15) is 66.3 Å². The zero-order valence-corrected chi connectivity index (χ0v) is 16.9. The summed E-state index contributed by atoms with van der Waals surface area (Å²) in [5.74, 6) is -1.65. The molecule has 0 aliphatic rings. The second-order valence-electron chi connectivity index (χ2n) is 7.88. The van der Waals surface area contributed by atoms with Gasteiger partial charge in [-0.25, -0.2) is 0 Å². The van der Waals surface area contributed by atoms with Gasteiger partial charge in [-0.15, -0.1) is 0 Å². The number of benzene rings is 2. The monoisotopic (exact) mass is 398 g/mol. The zero-order chi connectivity index (χ0) is 21.6. The van der Waals surface area contributed by atoms with Crippen molar-refractivity contribution in [3.63, 3.8) is 0 Å². The molecule has 0 saturated carbocycles. The number of rotatable bonds is 9. The van der Waals surface area contributed by atoms with Crippen LogP contribution >= 0.6 is 0 Å². The van der Waals surface area contributed by atoms with Crippen LogP contribution < -0.4 is 4.74 Å². The molecule has 0 spiro atoms. The third kappa shape index (κ3) is 6.45. The van der Waals surface area contributed by atoms with Crippen molar-refractivity contribution in [2.24, 2.45) is 0 Å². The molecule has 0 bridgehead atoms. The lowest BCUT2D eigenvalue weighted by molar-refractivity contribution is -0.137. The summed E-state index contributed by atoms with van der Waals surface area (Å²) in [7, 11) is 0. The number of carboxylic acid groups (broad SMARTS) is 1. The molecule has 6 heteroatoms. The largest absolute Gasteiger partial charge is 0.507 e.